The molecule has 0 amide bonds. The van der Waals surface area contributed by atoms with Crippen molar-refractivity contribution >= 4 is 22.5 Å². The van der Waals surface area contributed by atoms with Crippen LogP contribution in [0.4, 0.5) is 0 Å². The largest absolute Gasteiger partial charge is 0.373 e. The van der Waals surface area contributed by atoms with Gasteiger partial charge in [0.25, 0.3) is 0 Å². The smallest absolute Gasteiger partial charge is 0.238 e. The second-order valence-corrected chi connectivity index (χ2v) is 3.26. The van der Waals surface area contributed by atoms with Crippen LogP contribution in [-0.2, 0) is 11.1 Å². The van der Waals surface area contributed by atoms with Gasteiger partial charge in [0.1, 0.15) is 0 Å². The van der Waals surface area contributed by atoms with Gasteiger partial charge < -0.3 is 5.73 Å². The highest BCUT2D eigenvalue weighted by molar-refractivity contribution is 7.95. The van der Waals surface area contributed by atoms with Crippen molar-refractivity contribution in [3.63, 3.8) is 0 Å². The van der Waals surface area contributed by atoms with Crippen LogP contribution in [0.5, 0.6) is 0 Å². The second-order valence-electron chi connectivity index (χ2n) is 2.34. The Hall–Kier alpha value is -1.53. The third kappa shape index (κ3) is 3.46. The van der Waals surface area contributed by atoms with E-state index in [0.29, 0.717) is 0 Å². The Balaban J connectivity index is 2.66. The van der Waals surface area contributed by atoms with E-state index in [1.54, 1.807) is 0 Å². The fraction of sp³-hybridized carbons (Fsp3) is 0. The molecule has 0 saturated heterocycles. The van der Waals surface area contributed by atoms with E-state index in [0.717, 1.165) is 5.56 Å². The lowest BCUT2D eigenvalue weighted by molar-refractivity contribution is 0.576. The van der Waals surface area contributed by atoms with Crippen molar-refractivity contribution in [3.05, 3.63) is 35.9 Å². The summed E-state index contributed by atoms with van der Waals surface area (Å²) in [6.07, 6.45) is 1.44. The lowest BCUT2D eigenvalue weighted by atomic mass is 10.2. The van der Waals surface area contributed by atoms with E-state index in [2.05, 4.69) is 10.2 Å². The van der Waals surface area contributed by atoms with Crippen molar-refractivity contribution in [3.8, 4) is 0 Å². The molecule has 6 heteroatoms. The Bertz CT molecular complexity index is 375. The van der Waals surface area contributed by atoms with E-state index in [1.165, 1.54) is 6.21 Å². The van der Waals surface area contributed by atoms with Crippen LogP contribution in [0.3, 0.4) is 0 Å². The SMILES string of the molecule is N/C(=N\N=C\c1ccccc1)S(=O)O. The maximum atomic E-state index is 10.3. The topological polar surface area (TPSA) is 88.0 Å². The summed E-state index contributed by atoms with van der Waals surface area (Å²) in [5.41, 5.74) is 5.91. The van der Waals surface area contributed by atoms with Crippen LogP contribution >= 0.6 is 0 Å². The zero-order valence-corrected chi connectivity index (χ0v) is 8.02. The molecule has 1 unspecified atom stereocenters. The van der Waals surface area contributed by atoms with E-state index in [9.17, 15) is 4.21 Å². The highest BCUT2D eigenvalue weighted by Crippen LogP contribution is 1.93. The first-order chi connectivity index (χ1) is 6.70. The molecule has 0 aliphatic rings. The number of nitrogens with zero attached hydrogens (tertiary/aromatic N) is 2. The van der Waals surface area contributed by atoms with Gasteiger partial charge in [0.15, 0.2) is 0 Å². The minimum absolute atomic E-state index is 0.419. The molecule has 0 spiro atoms. The molecule has 1 aromatic rings. The Labute approximate surface area is 83.6 Å². The van der Waals surface area contributed by atoms with E-state index in [-0.39, 0.29) is 0 Å². The molecule has 1 aromatic carbocycles. The molecular weight excluding hydrogens is 202 g/mol. The number of benzene rings is 1. The first-order valence-corrected chi connectivity index (χ1v) is 4.83. The molecule has 14 heavy (non-hydrogen) atoms. The zero-order valence-electron chi connectivity index (χ0n) is 7.20. The van der Waals surface area contributed by atoms with Crippen LogP contribution in [0.1, 0.15) is 5.56 Å². The fourth-order valence-electron chi connectivity index (χ4n) is 0.726. The number of hydrogen-bond donors (Lipinski definition) is 2. The summed E-state index contributed by atoms with van der Waals surface area (Å²) in [5.74, 6) is 0. The number of nitrogens with two attached hydrogens (primary N) is 1. The summed E-state index contributed by atoms with van der Waals surface area (Å²) in [4.78, 5) is 0. The molecule has 3 N–H and O–H groups in total. The third-order valence-electron chi connectivity index (χ3n) is 1.34. The highest BCUT2D eigenvalue weighted by Gasteiger charge is 1.96. The van der Waals surface area contributed by atoms with E-state index in [1.807, 2.05) is 30.3 Å². The fourth-order valence-corrected chi connectivity index (χ4v) is 0.843. The van der Waals surface area contributed by atoms with Gasteiger partial charge in [0.05, 0.1) is 6.21 Å². The van der Waals surface area contributed by atoms with Crippen molar-refractivity contribution in [2.75, 3.05) is 0 Å². The van der Waals surface area contributed by atoms with Crippen LogP contribution in [0.2, 0.25) is 0 Å². The average Bonchev–Trinajstić information content (AvgIpc) is 2.19. The van der Waals surface area contributed by atoms with Crippen LogP contribution in [0.25, 0.3) is 0 Å². The van der Waals surface area contributed by atoms with Gasteiger partial charge in [-0.3, -0.25) is 4.55 Å². The molecule has 5 nitrogen and oxygen atoms in total. The summed E-state index contributed by atoms with van der Waals surface area (Å²) in [6, 6.07) is 9.21. The maximum absolute atomic E-state index is 10.3. The lowest BCUT2D eigenvalue weighted by Gasteiger charge is -1.89. The standard InChI is InChI=1S/C8H9N3O2S/c9-8(14(12)13)11-10-6-7-4-2-1-3-5-7/h1-6H,(H2,9,11)(H,12,13)/b10-6+. The van der Waals surface area contributed by atoms with Crippen molar-refractivity contribution < 1.29 is 8.76 Å². The van der Waals surface area contributed by atoms with Crippen LogP contribution in [0, 0.1) is 0 Å². The quantitative estimate of drug-likeness (QED) is 0.324. The first-order valence-electron chi connectivity index (χ1n) is 3.72. The van der Waals surface area contributed by atoms with Crippen molar-refractivity contribution in [1.82, 2.24) is 0 Å². The van der Waals surface area contributed by atoms with Gasteiger partial charge in [0.2, 0.25) is 16.2 Å². The molecule has 74 valence electrons. The summed E-state index contributed by atoms with van der Waals surface area (Å²) >= 11 is -2.25. The van der Waals surface area contributed by atoms with Crippen molar-refractivity contribution in [1.29, 1.82) is 0 Å². The van der Waals surface area contributed by atoms with Gasteiger partial charge in [0, 0.05) is 0 Å². The van der Waals surface area contributed by atoms with Crippen molar-refractivity contribution in [2.45, 2.75) is 0 Å². The molecule has 1 rings (SSSR count). The molecule has 0 bridgehead atoms. The molecule has 0 aliphatic heterocycles. The Morgan fingerprint density at radius 3 is 2.64 bits per heavy atom. The molecule has 0 aromatic heterocycles. The highest BCUT2D eigenvalue weighted by atomic mass is 32.2. The molecular formula is C8H9N3O2S. The first kappa shape index (κ1) is 10.6. The summed E-state index contributed by atoms with van der Waals surface area (Å²) < 4.78 is 18.8. The van der Waals surface area contributed by atoms with E-state index >= 15 is 0 Å². The minimum atomic E-state index is -2.25. The predicted molar refractivity (Wildman–Crippen MR) is 56.4 cm³/mol. The molecule has 0 saturated carbocycles. The molecule has 0 radical (unpaired) electrons. The Morgan fingerprint density at radius 2 is 2.07 bits per heavy atom. The normalized spacial score (nSPS) is 14.5. The lowest BCUT2D eigenvalue weighted by Crippen LogP contribution is -2.16. The minimum Gasteiger partial charge on any atom is -0.373 e. The molecule has 1 atom stereocenters. The van der Waals surface area contributed by atoms with Crippen LogP contribution in [-0.4, -0.2) is 20.1 Å². The summed E-state index contributed by atoms with van der Waals surface area (Å²) in [5, 5.41) is 6.46. The van der Waals surface area contributed by atoms with E-state index < -0.39 is 16.2 Å². The predicted octanol–water partition coefficient (Wildman–Crippen LogP) is 0.557. The second kappa shape index (κ2) is 5.25. The van der Waals surface area contributed by atoms with Gasteiger partial charge >= 0.3 is 0 Å². The monoisotopic (exact) mass is 211 g/mol. The number of hydrogen-bond acceptors (Lipinski definition) is 3. The molecule has 0 aliphatic carbocycles. The molecule has 0 heterocycles. The van der Waals surface area contributed by atoms with E-state index in [4.69, 9.17) is 10.3 Å². The number of rotatable bonds is 2. The van der Waals surface area contributed by atoms with Crippen LogP contribution < -0.4 is 5.73 Å². The Kier molecular flexibility index (Phi) is 3.96. The summed E-state index contributed by atoms with van der Waals surface area (Å²) in [6.45, 7) is 0. The van der Waals surface area contributed by atoms with Crippen molar-refractivity contribution in [2.24, 2.45) is 15.9 Å². The van der Waals surface area contributed by atoms with Crippen LogP contribution in [0.15, 0.2) is 40.5 Å². The van der Waals surface area contributed by atoms with Gasteiger partial charge in [-0.1, -0.05) is 30.3 Å². The maximum Gasteiger partial charge on any atom is 0.238 e. The van der Waals surface area contributed by atoms with Gasteiger partial charge in [-0.2, -0.15) is 5.10 Å². The third-order valence-corrected chi connectivity index (χ3v) is 1.78. The zero-order chi connectivity index (χ0) is 10.4. The van der Waals surface area contributed by atoms with Gasteiger partial charge in [-0.05, 0) is 5.56 Å². The summed E-state index contributed by atoms with van der Waals surface area (Å²) in [7, 11) is 0. The van der Waals surface area contributed by atoms with Gasteiger partial charge in [-0.15, -0.1) is 5.10 Å². The van der Waals surface area contributed by atoms with Gasteiger partial charge in [-0.25, -0.2) is 4.21 Å². The number of amidine groups is 1. The Morgan fingerprint density at radius 1 is 1.43 bits per heavy atom. The molecule has 0 fully saturated rings. The average molecular weight is 211 g/mol.